The molecule has 0 aliphatic heterocycles. The fourth-order valence-electron chi connectivity index (χ4n) is 1.78. The first-order valence-corrected chi connectivity index (χ1v) is 7.19. The minimum atomic E-state index is -0.199. The van der Waals surface area contributed by atoms with E-state index in [2.05, 4.69) is 10.3 Å². The van der Waals surface area contributed by atoms with E-state index in [1.807, 2.05) is 12.3 Å². The van der Waals surface area contributed by atoms with Crippen LogP contribution in [0.4, 0.5) is 5.69 Å². The van der Waals surface area contributed by atoms with Crippen molar-refractivity contribution < 1.29 is 9.90 Å². The maximum atomic E-state index is 11.9. The summed E-state index contributed by atoms with van der Waals surface area (Å²) < 4.78 is 0. The lowest BCUT2D eigenvalue weighted by Gasteiger charge is -2.07. The normalized spacial score (nSPS) is 10.5. The van der Waals surface area contributed by atoms with Gasteiger partial charge in [-0.2, -0.15) is 0 Å². The quantitative estimate of drug-likeness (QED) is 0.733. The summed E-state index contributed by atoms with van der Waals surface area (Å²) in [6, 6.07) is 5.08. The number of nitrogens with zero attached hydrogens (tertiary/aromatic N) is 1. The highest BCUT2D eigenvalue weighted by Gasteiger charge is 2.10. The average Bonchev–Trinajstić information content (AvgIpc) is 2.81. The molecule has 0 radical (unpaired) electrons. The molecule has 0 aliphatic rings. The van der Waals surface area contributed by atoms with E-state index in [1.54, 1.807) is 18.2 Å². The van der Waals surface area contributed by atoms with Crippen molar-refractivity contribution in [1.29, 1.82) is 0 Å². The van der Waals surface area contributed by atoms with Crippen molar-refractivity contribution in [3.05, 3.63) is 39.8 Å². The number of nitrogens with one attached hydrogen (secondary N) is 1. The number of carbonyl (C=O) groups excluding carboxylic acids is 1. The highest BCUT2D eigenvalue weighted by atomic mass is 32.1. The largest absolute Gasteiger partial charge is 0.506 e. The van der Waals surface area contributed by atoms with Gasteiger partial charge in [-0.15, -0.1) is 11.3 Å². The van der Waals surface area contributed by atoms with Crippen LogP contribution in [-0.2, 0) is 17.6 Å². The molecule has 0 saturated carbocycles. The maximum Gasteiger partial charge on any atom is 0.230 e. The predicted molar refractivity (Wildman–Crippen MR) is 80.0 cm³/mol. The summed E-state index contributed by atoms with van der Waals surface area (Å²) in [5.41, 5.74) is 7.58. The van der Waals surface area contributed by atoms with Crippen molar-refractivity contribution in [2.45, 2.75) is 19.8 Å². The molecule has 0 bridgehead atoms. The van der Waals surface area contributed by atoms with Crippen molar-refractivity contribution in [1.82, 2.24) is 4.98 Å². The molecule has 1 aromatic heterocycles. The standard InChI is InChI=1S/C14H17N3O2S/c1-9-2-3-12(18)11(6-9)17-13(19)7-10-8-20-14(16-10)4-5-15/h2-3,6,8,18H,4-5,7,15H2,1H3,(H,17,19). The third-order valence-electron chi connectivity index (χ3n) is 2.73. The van der Waals surface area contributed by atoms with Gasteiger partial charge in [0.25, 0.3) is 0 Å². The van der Waals surface area contributed by atoms with Crippen LogP contribution in [0.1, 0.15) is 16.3 Å². The van der Waals surface area contributed by atoms with Gasteiger partial charge in [0.15, 0.2) is 0 Å². The van der Waals surface area contributed by atoms with Crippen molar-refractivity contribution in [3.8, 4) is 5.75 Å². The molecule has 0 saturated heterocycles. The zero-order valence-corrected chi connectivity index (χ0v) is 12.0. The number of aromatic hydroxyl groups is 1. The van der Waals surface area contributed by atoms with E-state index < -0.39 is 0 Å². The van der Waals surface area contributed by atoms with Crippen LogP contribution in [0.2, 0.25) is 0 Å². The summed E-state index contributed by atoms with van der Waals surface area (Å²) in [6.07, 6.45) is 0.916. The van der Waals surface area contributed by atoms with Gasteiger partial charge in [0, 0.05) is 11.8 Å². The van der Waals surface area contributed by atoms with E-state index in [4.69, 9.17) is 5.73 Å². The maximum absolute atomic E-state index is 11.9. The third kappa shape index (κ3) is 3.79. The molecule has 20 heavy (non-hydrogen) atoms. The fourth-order valence-corrected chi connectivity index (χ4v) is 2.59. The SMILES string of the molecule is Cc1ccc(O)c(NC(=O)Cc2csc(CCN)n2)c1. The van der Waals surface area contributed by atoms with Crippen molar-refractivity contribution in [2.75, 3.05) is 11.9 Å². The lowest BCUT2D eigenvalue weighted by atomic mass is 10.2. The zero-order chi connectivity index (χ0) is 14.5. The number of hydrogen-bond acceptors (Lipinski definition) is 5. The molecule has 0 spiro atoms. The number of amides is 1. The Morgan fingerprint density at radius 1 is 1.50 bits per heavy atom. The number of phenols is 1. The average molecular weight is 291 g/mol. The van der Waals surface area contributed by atoms with Gasteiger partial charge in [-0.1, -0.05) is 6.07 Å². The van der Waals surface area contributed by atoms with E-state index in [9.17, 15) is 9.90 Å². The Morgan fingerprint density at radius 2 is 2.30 bits per heavy atom. The summed E-state index contributed by atoms with van der Waals surface area (Å²) in [5, 5.41) is 15.2. The summed E-state index contributed by atoms with van der Waals surface area (Å²) in [7, 11) is 0. The summed E-state index contributed by atoms with van der Waals surface area (Å²) in [5.74, 6) is -0.137. The van der Waals surface area contributed by atoms with Crippen molar-refractivity contribution in [3.63, 3.8) is 0 Å². The van der Waals surface area contributed by atoms with Crippen molar-refractivity contribution >= 4 is 22.9 Å². The lowest BCUT2D eigenvalue weighted by Crippen LogP contribution is -2.15. The molecule has 0 unspecified atom stereocenters. The summed E-state index contributed by atoms with van der Waals surface area (Å²) in [6.45, 7) is 2.45. The van der Waals surface area contributed by atoms with Gasteiger partial charge in [-0.3, -0.25) is 4.79 Å². The first-order valence-electron chi connectivity index (χ1n) is 6.31. The number of carbonyl (C=O) groups is 1. The zero-order valence-electron chi connectivity index (χ0n) is 11.2. The Bertz CT molecular complexity index is 610. The Balaban J connectivity index is 1.99. The molecule has 1 heterocycles. The van der Waals surface area contributed by atoms with Gasteiger partial charge >= 0.3 is 0 Å². The molecule has 2 aromatic rings. The molecule has 5 nitrogen and oxygen atoms in total. The summed E-state index contributed by atoms with van der Waals surface area (Å²) in [4.78, 5) is 16.3. The van der Waals surface area contributed by atoms with Crippen LogP contribution in [0, 0.1) is 6.92 Å². The molecule has 6 heteroatoms. The molecule has 0 aliphatic carbocycles. The van der Waals surface area contributed by atoms with Gasteiger partial charge in [-0.05, 0) is 31.2 Å². The van der Waals surface area contributed by atoms with E-state index >= 15 is 0 Å². The minimum Gasteiger partial charge on any atom is -0.506 e. The number of anilines is 1. The second kappa shape index (κ2) is 6.49. The van der Waals surface area contributed by atoms with Gasteiger partial charge in [0.1, 0.15) is 5.75 Å². The minimum absolute atomic E-state index is 0.0612. The predicted octanol–water partition coefficient (Wildman–Crippen LogP) is 1.84. The number of rotatable bonds is 5. The van der Waals surface area contributed by atoms with Crippen LogP contribution < -0.4 is 11.1 Å². The topological polar surface area (TPSA) is 88.2 Å². The second-order valence-electron chi connectivity index (χ2n) is 4.52. The number of thiazole rings is 1. The number of aromatic nitrogens is 1. The fraction of sp³-hybridized carbons (Fsp3) is 0.286. The molecule has 106 valence electrons. The van der Waals surface area contributed by atoms with Crippen LogP contribution in [0.15, 0.2) is 23.6 Å². The second-order valence-corrected chi connectivity index (χ2v) is 5.46. The molecule has 0 fully saturated rings. The monoisotopic (exact) mass is 291 g/mol. The van der Waals surface area contributed by atoms with Gasteiger partial charge in [0.2, 0.25) is 5.91 Å². The number of aryl methyl sites for hydroxylation is 1. The number of nitrogens with two attached hydrogens (primary N) is 1. The number of hydrogen-bond donors (Lipinski definition) is 3. The molecule has 1 amide bonds. The van der Waals surface area contributed by atoms with Crippen LogP contribution >= 0.6 is 11.3 Å². The van der Waals surface area contributed by atoms with E-state index in [0.717, 1.165) is 22.7 Å². The number of phenolic OH excluding ortho intramolecular Hbond substituents is 1. The molecular formula is C14H17N3O2S. The lowest BCUT2D eigenvalue weighted by molar-refractivity contribution is -0.115. The van der Waals surface area contributed by atoms with Crippen molar-refractivity contribution in [2.24, 2.45) is 5.73 Å². The molecular weight excluding hydrogens is 274 g/mol. The van der Waals surface area contributed by atoms with E-state index in [-0.39, 0.29) is 18.1 Å². The molecule has 0 atom stereocenters. The van der Waals surface area contributed by atoms with Gasteiger partial charge < -0.3 is 16.2 Å². The highest BCUT2D eigenvalue weighted by Crippen LogP contribution is 2.24. The van der Waals surface area contributed by atoms with E-state index in [1.165, 1.54) is 11.3 Å². The first kappa shape index (κ1) is 14.5. The first-order chi connectivity index (χ1) is 9.58. The summed E-state index contributed by atoms with van der Waals surface area (Å²) >= 11 is 1.51. The van der Waals surface area contributed by atoms with E-state index in [0.29, 0.717) is 12.2 Å². The smallest absolute Gasteiger partial charge is 0.230 e. The third-order valence-corrected chi connectivity index (χ3v) is 3.68. The van der Waals surface area contributed by atoms with Gasteiger partial charge in [0.05, 0.1) is 22.8 Å². The highest BCUT2D eigenvalue weighted by molar-refractivity contribution is 7.09. The Labute approximate surface area is 121 Å². The van der Waals surface area contributed by atoms with Gasteiger partial charge in [-0.25, -0.2) is 4.98 Å². The Morgan fingerprint density at radius 3 is 3.05 bits per heavy atom. The van der Waals surface area contributed by atoms with Crippen LogP contribution in [0.25, 0.3) is 0 Å². The Hall–Kier alpha value is -1.92. The van der Waals surface area contributed by atoms with Crippen LogP contribution in [0.3, 0.4) is 0 Å². The Kier molecular flexibility index (Phi) is 4.70. The number of benzene rings is 1. The molecule has 4 N–H and O–H groups in total. The van der Waals surface area contributed by atoms with Crippen LogP contribution in [0.5, 0.6) is 5.75 Å². The molecule has 1 aromatic carbocycles. The molecule has 2 rings (SSSR count). The van der Waals surface area contributed by atoms with Crippen LogP contribution in [-0.4, -0.2) is 22.5 Å².